The van der Waals surface area contributed by atoms with E-state index in [9.17, 15) is 4.79 Å². The lowest BCUT2D eigenvalue weighted by atomic mass is 9.78. The van der Waals surface area contributed by atoms with Gasteiger partial charge in [-0.25, -0.2) is 0 Å². The second-order valence-corrected chi connectivity index (χ2v) is 6.06. The molecule has 0 aromatic carbocycles. The molecule has 0 N–H and O–H groups in total. The Labute approximate surface area is 117 Å². The van der Waals surface area contributed by atoms with Crippen LogP contribution in [-0.2, 0) is 4.79 Å². The van der Waals surface area contributed by atoms with Crippen molar-refractivity contribution in [3.05, 3.63) is 0 Å². The first-order valence-corrected chi connectivity index (χ1v) is 7.67. The van der Waals surface area contributed by atoms with Gasteiger partial charge in [0.05, 0.1) is 0 Å². The molecule has 0 aliphatic carbocycles. The summed E-state index contributed by atoms with van der Waals surface area (Å²) in [6.45, 7) is 21.0. The van der Waals surface area contributed by atoms with Gasteiger partial charge in [0.15, 0.2) is 0 Å². The van der Waals surface area contributed by atoms with Crippen molar-refractivity contribution < 1.29 is 4.79 Å². The summed E-state index contributed by atoms with van der Waals surface area (Å²) in [5, 5.41) is 0. The monoisotopic (exact) mass is 258 g/mol. The summed E-state index contributed by atoms with van der Waals surface area (Å²) < 4.78 is 0. The Morgan fingerprint density at radius 2 is 1.33 bits per heavy atom. The highest BCUT2D eigenvalue weighted by Gasteiger charge is 2.20. The summed E-state index contributed by atoms with van der Waals surface area (Å²) in [6.07, 6.45) is 3.44. The van der Waals surface area contributed by atoms with E-state index in [-0.39, 0.29) is 5.92 Å². The molecule has 0 saturated heterocycles. The molecule has 1 nitrogen and oxygen atoms in total. The quantitative estimate of drug-likeness (QED) is 0.594. The molecule has 0 fully saturated rings. The first-order chi connectivity index (χ1) is 8.16. The zero-order valence-electron chi connectivity index (χ0n) is 14.7. The van der Waals surface area contributed by atoms with Gasteiger partial charge in [-0.05, 0) is 31.1 Å². The average molecular weight is 258 g/mol. The molecule has 0 radical (unpaired) electrons. The first kappa shape index (κ1) is 22.8. The van der Waals surface area contributed by atoms with E-state index in [1.165, 1.54) is 6.42 Å². The van der Waals surface area contributed by atoms with Crippen LogP contribution in [0.25, 0.3) is 0 Å². The van der Waals surface area contributed by atoms with Crippen molar-refractivity contribution in [3.8, 4) is 0 Å². The standard InChI is InChI=1S/C12H24O.C3H8.C2H6/c1-9(11(3)13)7-8-10(2)12(4,5)6;1-3-2;1-2/h9-10H,7-8H2,1-6H3;3H2,1-2H3;1-2H3. The molecule has 112 valence electrons. The van der Waals surface area contributed by atoms with Crippen molar-refractivity contribution in [2.24, 2.45) is 17.3 Å². The molecular formula is C17H38O. The Bertz CT molecular complexity index is 177. The minimum atomic E-state index is 0.241. The van der Waals surface area contributed by atoms with Crippen LogP contribution >= 0.6 is 0 Å². The molecule has 1 heteroatoms. The van der Waals surface area contributed by atoms with Gasteiger partial charge in [-0.3, -0.25) is 4.79 Å². The summed E-state index contributed by atoms with van der Waals surface area (Å²) in [4.78, 5) is 11.0. The molecule has 0 aliphatic heterocycles. The van der Waals surface area contributed by atoms with Crippen LogP contribution in [0.5, 0.6) is 0 Å². The van der Waals surface area contributed by atoms with Crippen LogP contribution < -0.4 is 0 Å². The molecule has 0 aromatic rings. The summed E-state index contributed by atoms with van der Waals surface area (Å²) in [6, 6.07) is 0. The minimum Gasteiger partial charge on any atom is -0.300 e. The first-order valence-electron chi connectivity index (χ1n) is 7.67. The number of hydrogen-bond acceptors (Lipinski definition) is 1. The van der Waals surface area contributed by atoms with Gasteiger partial charge < -0.3 is 0 Å². The van der Waals surface area contributed by atoms with Gasteiger partial charge >= 0.3 is 0 Å². The Kier molecular flexibility index (Phi) is 16.6. The maximum Gasteiger partial charge on any atom is 0.132 e. The van der Waals surface area contributed by atoms with Crippen LogP contribution in [0.3, 0.4) is 0 Å². The maximum absolute atomic E-state index is 11.0. The topological polar surface area (TPSA) is 17.1 Å². The Morgan fingerprint density at radius 1 is 1.00 bits per heavy atom. The summed E-state index contributed by atoms with van der Waals surface area (Å²) in [5.41, 5.74) is 0.372. The van der Waals surface area contributed by atoms with Crippen molar-refractivity contribution in [1.29, 1.82) is 0 Å². The number of carbonyl (C=O) groups excluding carboxylic acids is 1. The van der Waals surface area contributed by atoms with Gasteiger partial charge in [0, 0.05) is 5.92 Å². The average Bonchev–Trinajstić information content (AvgIpc) is 2.27. The van der Waals surface area contributed by atoms with Crippen LogP contribution in [0.2, 0.25) is 0 Å². The lowest BCUT2D eigenvalue weighted by Crippen LogP contribution is -2.19. The van der Waals surface area contributed by atoms with Gasteiger partial charge in [-0.2, -0.15) is 0 Å². The Morgan fingerprint density at radius 3 is 1.56 bits per heavy atom. The molecule has 0 spiro atoms. The summed E-state index contributed by atoms with van der Waals surface area (Å²) >= 11 is 0. The van der Waals surface area contributed by atoms with Crippen molar-refractivity contribution in [3.63, 3.8) is 0 Å². The number of Topliss-reactive ketones (excluding diaryl/α,β-unsaturated/α-hetero) is 1. The second kappa shape index (κ2) is 13.1. The van der Waals surface area contributed by atoms with E-state index in [0.717, 1.165) is 12.8 Å². The molecule has 0 rings (SSSR count). The van der Waals surface area contributed by atoms with Crippen LogP contribution in [0.15, 0.2) is 0 Å². The molecule has 2 unspecified atom stereocenters. The van der Waals surface area contributed by atoms with E-state index in [4.69, 9.17) is 0 Å². The lowest BCUT2D eigenvalue weighted by molar-refractivity contribution is -0.120. The number of rotatable bonds is 4. The van der Waals surface area contributed by atoms with Crippen molar-refractivity contribution >= 4 is 5.78 Å². The molecule has 18 heavy (non-hydrogen) atoms. The maximum atomic E-state index is 11.0. The molecule has 2 atom stereocenters. The largest absolute Gasteiger partial charge is 0.300 e. The normalized spacial score (nSPS) is 13.4. The van der Waals surface area contributed by atoms with E-state index < -0.39 is 0 Å². The van der Waals surface area contributed by atoms with Gasteiger partial charge in [0.25, 0.3) is 0 Å². The fourth-order valence-electron chi connectivity index (χ4n) is 1.14. The Balaban J connectivity index is -0.000000389. The van der Waals surface area contributed by atoms with E-state index in [2.05, 4.69) is 41.5 Å². The van der Waals surface area contributed by atoms with Crippen LogP contribution in [0, 0.1) is 17.3 Å². The van der Waals surface area contributed by atoms with Crippen LogP contribution in [-0.4, -0.2) is 5.78 Å². The molecule has 0 amide bonds. The van der Waals surface area contributed by atoms with Crippen LogP contribution in [0.4, 0.5) is 0 Å². The molecule has 0 aromatic heterocycles. The third kappa shape index (κ3) is 15.7. The SMILES string of the molecule is CC.CC(=O)C(C)CCC(C)C(C)(C)C.CCC. The third-order valence-electron chi connectivity index (χ3n) is 3.21. The number of hydrogen-bond donors (Lipinski definition) is 0. The fourth-order valence-corrected chi connectivity index (χ4v) is 1.14. The highest BCUT2D eigenvalue weighted by molar-refractivity contribution is 5.77. The minimum absolute atomic E-state index is 0.241. The Hall–Kier alpha value is -0.330. The van der Waals surface area contributed by atoms with Gasteiger partial charge in [0.2, 0.25) is 0 Å². The van der Waals surface area contributed by atoms with Gasteiger partial charge in [-0.1, -0.05) is 68.7 Å². The molecule has 0 heterocycles. The van der Waals surface area contributed by atoms with E-state index in [1.54, 1.807) is 6.92 Å². The fraction of sp³-hybridized carbons (Fsp3) is 0.941. The summed E-state index contributed by atoms with van der Waals surface area (Å²) in [5.74, 6) is 1.25. The van der Waals surface area contributed by atoms with E-state index in [0.29, 0.717) is 17.1 Å². The highest BCUT2D eigenvalue weighted by atomic mass is 16.1. The zero-order chi connectivity index (χ0) is 15.4. The van der Waals surface area contributed by atoms with E-state index in [1.807, 2.05) is 20.8 Å². The van der Waals surface area contributed by atoms with Crippen LogP contribution in [0.1, 0.15) is 88.5 Å². The highest BCUT2D eigenvalue weighted by Crippen LogP contribution is 2.30. The van der Waals surface area contributed by atoms with E-state index >= 15 is 0 Å². The summed E-state index contributed by atoms with van der Waals surface area (Å²) in [7, 11) is 0. The van der Waals surface area contributed by atoms with Crippen molar-refractivity contribution in [2.75, 3.05) is 0 Å². The predicted octanol–water partition coefficient (Wildman–Crippen LogP) is 6.12. The second-order valence-electron chi connectivity index (χ2n) is 6.06. The number of ketones is 1. The molecule has 0 aliphatic rings. The number of carbonyl (C=O) groups is 1. The van der Waals surface area contributed by atoms with Crippen molar-refractivity contribution in [2.45, 2.75) is 88.5 Å². The molecule has 0 bridgehead atoms. The van der Waals surface area contributed by atoms with Crippen molar-refractivity contribution in [1.82, 2.24) is 0 Å². The smallest absolute Gasteiger partial charge is 0.132 e. The predicted molar refractivity (Wildman–Crippen MR) is 85.0 cm³/mol. The van der Waals surface area contributed by atoms with Gasteiger partial charge in [0.1, 0.15) is 5.78 Å². The molecular weight excluding hydrogens is 220 g/mol. The third-order valence-corrected chi connectivity index (χ3v) is 3.21. The zero-order valence-corrected chi connectivity index (χ0v) is 14.7. The lowest BCUT2D eigenvalue weighted by Gasteiger charge is -2.27. The van der Waals surface area contributed by atoms with Gasteiger partial charge in [-0.15, -0.1) is 0 Å². The molecule has 0 saturated carbocycles.